The molecule has 2 rings (SSSR count). The highest BCUT2D eigenvalue weighted by Crippen LogP contribution is 2.26. The Morgan fingerprint density at radius 2 is 1.88 bits per heavy atom. The molecular weight excluding hydrogens is 366 g/mol. The monoisotopic (exact) mass is 391 g/mol. The number of sulfonamides is 1. The van der Waals surface area contributed by atoms with Crippen LogP contribution in [0.25, 0.3) is 0 Å². The minimum Gasteiger partial charge on any atom is -0.496 e. The summed E-state index contributed by atoms with van der Waals surface area (Å²) < 4.78 is 32.4. The maximum Gasteiger partial charge on any atom is 0.255 e. The molecule has 0 radical (unpaired) electrons. The van der Waals surface area contributed by atoms with Crippen molar-refractivity contribution in [3.63, 3.8) is 0 Å². The van der Waals surface area contributed by atoms with Crippen LogP contribution in [0.3, 0.4) is 0 Å². The van der Waals surface area contributed by atoms with E-state index in [9.17, 15) is 13.2 Å². The van der Waals surface area contributed by atoms with Crippen molar-refractivity contribution in [3.8, 4) is 5.75 Å². The van der Waals surface area contributed by atoms with Crippen LogP contribution >= 0.6 is 12.4 Å². The number of rotatable bonds is 6. The summed E-state index contributed by atoms with van der Waals surface area (Å²) in [6.07, 6.45) is 3.81. The topological polar surface area (TPSA) is 102 Å². The molecule has 1 aromatic rings. The van der Waals surface area contributed by atoms with Crippen LogP contribution < -0.4 is 15.8 Å². The van der Waals surface area contributed by atoms with Crippen molar-refractivity contribution < 1.29 is 17.9 Å². The summed E-state index contributed by atoms with van der Waals surface area (Å²) in [6, 6.07) is 4.38. The van der Waals surface area contributed by atoms with E-state index >= 15 is 0 Å². The number of carbonyl (C=O) groups is 1. The van der Waals surface area contributed by atoms with Crippen LogP contribution in [0, 0.1) is 0 Å². The van der Waals surface area contributed by atoms with Crippen molar-refractivity contribution in [1.29, 1.82) is 0 Å². The van der Waals surface area contributed by atoms with E-state index in [1.54, 1.807) is 0 Å². The van der Waals surface area contributed by atoms with Crippen LogP contribution in [0.2, 0.25) is 0 Å². The van der Waals surface area contributed by atoms with Crippen molar-refractivity contribution >= 4 is 28.3 Å². The van der Waals surface area contributed by atoms with Crippen molar-refractivity contribution in [2.24, 2.45) is 5.73 Å². The molecule has 1 aliphatic heterocycles. The van der Waals surface area contributed by atoms with Gasteiger partial charge in [0, 0.05) is 26.2 Å². The van der Waals surface area contributed by atoms with Gasteiger partial charge in [0.2, 0.25) is 10.0 Å². The first-order chi connectivity index (χ1) is 11.5. The average Bonchev–Trinajstić information content (AvgIpc) is 2.89. The Bertz CT molecular complexity index is 674. The highest BCUT2D eigenvalue weighted by atomic mass is 35.5. The summed E-state index contributed by atoms with van der Waals surface area (Å²) in [7, 11) is -2.17. The maximum atomic E-state index is 12.9. The fraction of sp³-hybridized carbons (Fsp3) is 0.562. The van der Waals surface area contributed by atoms with Crippen LogP contribution in [-0.2, 0) is 10.0 Å². The molecule has 0 spiro atoms. The quantitative estimate of drug-likeness (QED) is 0.762. The molecular formula is C16H26ClN3O4S. The summed E-state index contributed by atoms with van der Waals surface area (Å²) >= 11 is 0. The molecule has 3 N–H and O–H groups in total. The Labute approximate surface area is 155 Å². The van der Waals surface area contributed by atoms with Gasteiger partial charge >= 0.3 is 0 Å². The normalized spacial score (nSPS) is 15.8. The van der Waals surface area contributed by atoms with E-state index in [4.69, 9.17) is 10.5 Å². The number of nitrogens with two attached hydrogens (primary N) is 1. The van der Waals surface area contributed by atoms with E-state index in [1.165, 1.54) is 29.6 Å². The van der Waals surface area contributed by atoms with Gasteiger partial charge in [0.25, 0.3) is 5.91 Å². The Kier molecular flexibility index (Phi) is 8.64. The van der Waals surface area contributed by atoms with Gasteiger partial charge in [-0.1, -0.05) is 12.8 Å². The van der Waals surface area contributed by atoms with Crippen LogP contribution in [0.4, 0.5) is 0 Å². The molecule has 0 saturated carbocycles. The molecule has 1 aliphatic rings. The van der Waals surface area contributed by atoms with Crippen molar-refractivity contribution in [2.45, 2.75) is 30.6 Å². The zero-order chi connectivity index (χ0) is 17.6. The van der Waals surface area contributed by atoms with Gasteiger partial charge in [-0.3, -0.25) is 4.79 Å². The van der Waals surface area contributed by atoms with Gasteiger partial charge < -0.3 is 15.8 Å². The van der Waals surface area contributed by atoms with Crippen LogP contribution in [-0.4, -0.2) is 51.9 Å². The summed E-state index contributed by atoms with van der Waals surface area (Å²) in [5.74, 6) is -0.0652. The first-order valence-electron chi connectivity index (χ1n) is 8.17. The molecule has 0 aliphatic carbocycles. The number of hydrogen-bond acceptors (Lipinski definition) is 5. The summed E-state index contributed by atoms with van der Waals surface area (Å²) in [4.78, 5) is 12.4. The standard InChI is InChI=1S/C16H25N3O4S.ClH/c1-23-15-7-6-13(12-14(15)16(20)18-9-8-17)24(21,22)19-10-4-2-3-5-11-19;/h6-7,12H,2-5,8-11,17H2,1H3,(H,18,20);1H. The minimum atomic E-state index is -3.61. The molecule has 1 amide bonds. The van der Waals surface area contributed by atoms with Gasteiger partial charge in [0.1, 0.15) is 5.75 Å². The van der Waals surface area contributed by atoms with E-state index in [0.717, 1.165) is 25.7 Å². The van der Waals surface area contributed by atoms with Crippen LogP contribution in [0.15, 0.2) is 23.1 Å². The van der Waals surface area contributed by atoms with Gasteiger partial charge in [0.05, 0.1) is 17.6 Å². The molecule has 1 aromatic carbocycles. The highest BCUT2D eigenvalue weighted by Gasteiger charge is 2.27. The summed E-state index contributed by atoms with van der Waals surface area (Å²) in [5.41, 5.74) is 5.58. The lowest BCUT2D eigenvalue weighted by molar-refractivity contribution is 0.0951. The second-order valence-corrected chi connectivity index (χ2v) is 7.66. The van der Waals surface area contributed by atoms with Crippen LogP contribution in [0.1, 0.15) is 36.0 Å². The number of methoxy groups -OCH3 is 1. The number of carbonyl (C=O) groups excluding carboxylic acids is 1. The first kappa shape index (κ1) is 21.7. The van der Waals surface area contributed by atoms with E-state index in [-0.39, 0.29) is 22.9 Å². The fourth-order valence-corrected chi connectivity index (χ4v) is 4.28. The first-order valence-corrected chi connectivity index (χ1v) is 9.61. The number of amides is 1. The second-order valence-electron chi connectivity index (χ2n) is 5.72. The fourth-order valence-electron chi connectivity index (χ4n) is 2.74. The Morgan fingerprint density at radius 1 is 1.24 bits per heavy atom. The molecule has 1 heterocycles. The third kappa shape index (κ3) is 5.31. The van der Waals surface area contributed by atoms with Gasteiger partial charge in [0.15, 0.2) is 0 Å². The molecule has 7 nitrogen and oxygen atoms in total. The zero-order valence-corrected chi connectivity index (χ0v) is 16.0. The Morgan fingerprint density at radius 3 is 2.44 bits per heavy atom. The van der Waals surface area contributed by atoms with E-state index in [1.807, 2.05) is 0 Å². The number of nitrogens with zero attached hydrogens (tertiary/aromatic N) is 1. The minimum absolute atomic E-state index is 0. The number of hydrogen-bond donors (Lipinski definition) is 2. The average molecular weight is 392 g/mol. The molecule has 1 saturated heterocycles. The molecule has 142 valence electrons. The number of nitrogens with one attached hydrogen (secondary N) is 1. The predicted molar refractivity (Wildman–Crippen MR) is 98.9 cm³/mol. The molecule has 9 heteroatoms. The van der Waals surface area contributed by atoms with Gasteiger partial charge in [-0.05, 0) is 31.0 Å². The lowest BCUT2D eigenvalue weighted by Gasteiger charge is -2.20. The molecule has 0 aromatic heterocycles. The number of halogens is 1. The van der Waals surface area contributed by atoms with Crippen molar-refractivity contribution in [2.75, 3.05) is 33.3 Å². The maximum absolute atomic E-state index is 12.9. The number of benzene rings is 1. The van der Waals surface area contributed by atoms with Gasteiger partial charge in [-0.15, -0.1) is 12.4 Å². The van der Waals surface area contributed by atoms with Crippen LogP contribution in [0.5, 0.6) is 5.75 Å². The van der Waals surface area contributed by atoms with Gasteiger partial charge in [-0.25, -0.2) is 8.42 Å². The Balaban J connectivity index is 0.00000312. The summed E-state index contributed by atoms with van der Waals surface area (Å²) in [5, 5.41) is 2.64. The lowest BCUT2D eigenvalue weighted by atomic mass is 10.2. The molecule has 25 heavy (non-hydrogen) atoms. The Hall–Kier alpha value is -1.35. The smallest absolute Gasteiger partial charge is 0.255 e. The molecule has 0 atom stereocenters. The second kappa shape index (κ2) is 9.96. The largest absolute Gasteiger partial charge is 0.496 e. The van der Waals surface area contributed by atoms with E-state index < -0.39 is 15.9 Å². The third-order valence-electron chi connectivity index (χ3n) is 4.05. The molecule has 1 fully saturated rings. The SMILES string of the molecule is COc1ccc(S(=O)(=O)N2CCCCCC2)cc1C(=O)NCCN.Cl. The molecule has 0 unspecified atom stereocenters. The highest BCUT2D eigenvalue weighted by molar-refractivity contribution is 7.89. The van der Waals surface area contributed by atoms with Gasteiger partial charge in [-0.2, -0.15) is 4.31 Å². The van der Waals surface area contributed by atoms with E-state index in [2.05, 4.69) is 5.32 Å². The van der Waals surface area contributed by atoms with Crippen molar-refractivity contribution in [3.05, 3.63) is 23.8 Å². The third-order valence-corrected chi connectivity index (χ3v) is 5.94. The zero-order valence-electron chi connectivity index (χ0n) is 14.4. The summed E-state index contributed by atoms with van der Waals surface area (Å²) in [6.45, 7) is 1.65. The predicted octanol–water partition coefficient (Wildman–Crippen LogP) is 1.37. The number of ether oxygens (including phenoxy) is 1. The van der Waals surface area contributed by atoms with E-state index in [0.29, 0.717) is 31.9 Å². The lowest BCUT2D eigenvalue weighted by Crippen LogP contribution is -2.32. The molecule has 0 bridgehead atoms. The van der Waals surface area contributed by atoms with Crippen molar-refractivity contribution in [1.82, 2.24) is 9.62 Å².